The minimum Gasteiger partial charge on any atom is -0.481 e. The molecule has 1 saturated heterocycles. The number of amides is 1. The third-order valence-electron chi connectivity index (χ3n) is 3.41. The Bertz CT molecular complexity index is 385. The Labute approximate surface area is 111 Å². The quantitative estimate of drug-likeness (QED) is 0.324. The maximum atomic E-state index is 12.0. The first-order chi connectivity index (χ1) is 9.15. The number of ether oxygens (including phenoxy) is 1. The fourth-order valence-corrected chi connectivity index (χ4v) is 2.53. The summed E-state index contributed by atoms with van der Waals surface area (Å²) >= 11 is 0. The van der Waals surface area contributed by atoms with Crippen molar-refractivity contribution in [3.63, 3.8) is 0 Å². The maximum absolute atomic E-state index is 12.0. The Morgan fingerprint density at radius 1 is 1.16 bits per heavy atom. The number of carbonyl (C=O) groups is 2. The second-order valence-corrected chi connectivity index (χ2v) is 4.67. The average Bonchev–Trinajstić information content (AvgIpc) is 2.98. The van der Waals surface area contributed by atoms with Gasteiger partial charge in [0, 0.05) is 26.2 Å². The van der Waals surface area contributed by atoms with Crippen molar-refractivity contribution in [3.05, 3.63) is 12.2 Å². The molecule has 2 aliphatic rings. The zero-order valence-electron chi connectivity index (χ0n) is 10.5. The van der Waals surface area contributed by atoms with E-state index in [1.54, 1.807) is 12.2 Å². The Kier molecular flexibility index (Phi) is 4.52. The summed E-state index contributed by atoms with van der Waals surface area (Å²) in [5.41, 5.74) is 5.32. The van der Waals surface area contributed by atoms with Crippen LogP contribution >= 0.6 is 0 Å². The van der Waals surface area contributed by atoms with E-state index < -0.39 is 30.0 Å². The van der Waals surface area contributed by atoms with Gasteiger partial charge in [0.25, 0.3) is 0 Å². The van der Waals surface area contributed by atoms with E-state index in [0.717, 1.165) is 0 Å². The second-order valence-electron chi connectivity index (χ2n) is 4.67. The molecular formula is C12H19N3O4. The van der Waals surface area contributed by atoms with Gasteiger partial charge >= 0.3 is 5.97 Å². The molecule has 1 amide bonds. The summed E-state index contributed by atoms with van der Waals surface area (Å²) in [5, 5.41) is 15.0. The minimum absolute atomic E-state index is 0.265. The molecule has 19 heavy (non-hydrogen) atoms. The van der Waals surface area contributed by atoms with E-state index in [2.05, 4.69) is 10.6 Å². The molecule has 0 aliphatic carbocycles. The predicted octanol–water partition coefficient (Wildman–Crippen LogP) is -1.69. The molecule has 0 aromatic heterocycles. The summed E-state index contributed by atoms with van der Waals surface area (Å²) in [7, 11) is 0. The number of rotatable bonds is 7. The van der Waals surface area contributed by atoms with Crippen LogP contribution in [-0.4, -0.2) is 55.4 Å². The monoisotopic (exact) mass is 269 g/mol. The normalized spacial score (nSPS) is 31.6. The van der Waals surface area contributed by atoms with E-state index in [0.29, 0.717) is 26.2 Å². The number of hydrogen-bond acceptors (Lipinski definition) is 5. The van der Waals surface area contributed by atoms with E-state index in [-0.39, 0.29) is 5.91 Å². The van der Waals surface area contributed by atoms with Crippen molar-refractivity contribution >= 4 is 11.9 Å². The van der Waals surface area contributed by atoms with Crippen LogP contribution in [0.2, 0.25) is 0 Å². The molecule has 4 unspecified atom stereocenters. The van der Waals surface area contributed by atoms with Crippen LogP contribution in [0.25, 0.3) is 0 Å². The molecule has 0 spiro atoms. The zero-order chi connectivity index (χ0) is 13.8. The average molecular weight is 269 g/mol. The molecule has 0 radical (unpaired) electrons. The van der Waals surface area contributed by atoms with E-state index >= 15 is 0 Å². The highest BCUT2D eigenvalue weighted by molar-refractivity contribution is 5.87. The van der Waals surface area contributed by atoms with Gasteiger partial charge in [-0.1, -0.05) is 12.2 Å². The molecule has 2 aliphatic heterocycles. The SMILES string of the molecule is NCCNCCNC(=O)C1C2C=CC(O2)C1C(=O)O. The molecule has 1 fully saturated rings. The summed E-state index contributed by atoms with van der Waals surface area (Å²) < 4.78 is 5.44. The van der Waals surface area contributed by atoms with Crippen molar-refractivity contribution in [2.45, 2.75) is 12.2 Å². The van der Waals surface area contributed by atoms with Gasteiger partial charge in [-0.15, -0.1) is 0 Å². The lowest BCUT2D eigenvalue weighted by Crippen LogP contribution is -2.44. The van der Waals surface area contributed by atoms with Gasteiger partial charge in [-0.3, -0.25) is 9.59 Å². The third-order valence-corrected chi connectivity index (χ3v) is 3.41. The van der Waals surface area contributed by atoms with Crippen molar-refractivity contribution in [1.82, 2.24) is 10.6 Å². The van der Waals surface area contributed by atoms with Gasteiger partial charge in [0.2, 0.25) is 5.91 Å². The summed E-state index contributed by atoms with van der Waals surface area (Å²) in [5.74, 6) is -2.67. The highest BCUT2D eigenvalue weighted by Gasteiger charge is 2.52. The molecular weight excluding hydrogens is 250 g/mol. The van der Waals surface area contributed by atoms with E-state index in [1.807, 2.05) is 0 Å². The summed E-state index contributed by atoms with van der Waals surface area (Å²) in [6.07, 6.45) is 2.59. The summed E-state index contributed by atoms with van der Waals surface area (Å²) in [4.78, 5) is 23.2. The van der Waals surface area contributed by atoms with Crippen LogP contribution in [0.1, 0.15) is 0 Å². The predicted molar refractivity (Wildman–Crippen MR) is 67.4 cm³/mol. The Hall–Kier alpha value is -1.44. The van der Waals surface area contributed by atoms with E-state index in [9.17, 15) is 14.7 Å². The zero-order valence-corrected chi connectivity index (χ0v) is 10.5. The smallest absolute Gasteiger partial charge is 0.310 e. The molecule has 5 N–H and O–H groups in total. The maximum Gasteiger partial charge on any atom is 0.310 e. The Morgan fingerprint density at radius 2 is 1.84 bits per heavy atom. The van der Waals surface area contributed by atoms with Gasteiger partial charge in [0.15, 0.2) is 0 Å². The van der Waals surface area contributed by atoms with Gasteiger partial charge in [-0.2, -0.15) is 0 Å². The molecule has 4 atom stereocenters. The molecule has 2 rings (SSSR count). The van der Waals surface area contributed by atoms with Crippen LogP contribution < -0.4 is 16.4 Å². The lowest BCUT2D eigenvalue weighted by atomic mass is 9.82. The summed E-state index contributed by atoms with van der Waals surface area (Å²) in [6.45, 7) is 2.29. The first-order valence-corrected chi connectivity index (χ1v) is 6.40. The Balaban J connectivity index is 1.84. The highest BCUT2D eigenvalue weighted by atomic mass is 16.5. The molecule has 7 heteroatoms. The van der Waals surface area contributed by atoms with E-state index in [1.165, 1.54) is 0 Å². The van der Waals surface area contributed by atoms with Gasteiger partial charge in [-0.05, 0) is 0 Å². The number of carboxylic acids is 1. The van der Waals surface area contributed by atoms with Crippen molar-refractivity contribution in [2.24, 2.45) is 17.6 Å². The van der Waals surface area contributed by atoms with Crippen LogP contribution in [0.5, 0.6) is 0 Å². The lowest BCUT2D eigenvalue weighted by Gasteiger charge is -2.20. The lowest BCUT2D eigenvalue weighted by molar-refractivity contribution is -0.146. The first kappa shape index (κ1) is 14.0. The standard InChI is InChI=1S/C12H19N3O4/c13-3-4-14-5-6-15-11(16)9-7-1-2-8(19-7)10(9)12(17)18/h1-2,7-10,14H,3-6,13H2,(H,15,16)(H,17,18). The van der Waals surface area contributed by atoms with Crippen LogP contribution in [0.4, 0.5) is 0 Å². The first-order valence-electron chi connectivity index (χ1n) is 6.40. The van der Waals surface area contributed by atoms with Gasteiger partial charge in [-0.25, -0.2) is 0 Å². The van der Waals surface area contributed by atoms with Crippen molar-refractivity contribution in [3.8, 4) is 0 Å². The van der Waals surface area contributed by atoms with Gasteiger partial charge in [0.1, 0.15) is 5.92 Å². The number of carboxylic acid groups (broad SMARTS) is 1. The van der Waals surface area contributed by atoms with Crippen LogP contribution in [0.3, 0.4) is 0 Å². The second kappa shape index (κ2) is 6.14. The molecule has 0 saturated carbocycles. The van der Waals surface area contributed by atoms with Crippen LogP contribution in [0.15, 0.2) is 12.2 Å². The van der Waals surface area contributed by atoms with Crippen molar-refractivity contribution in [2.75, 3.05) is 26.2 Å². The molecule has 0 aromatic carbocycles. The Morgan fingerprint density at radius 3 is 2.47 bits per heavy atom. The number of nitrogens with two attached hydrogens (primary N) is 1. The number of hydrogen-bond donors (Lipinski definition) is 4. The van der Waals surface area contributed by atoms with Crippen LogP contribution in [-0.2, 0) is 14.3 Å². The van der Waals surface area contributed by atoms with Crippen molar-refractivity contribution in [1.29, 1.82) is 0 Å². The van der Waals surface area contributed by atoms with Gasteiger partial charge < -0.3 is 26.2 Å². The number of carbonyl (C=O) groups excluding carboxylic acids is 1. The number of fused-ring (bicyclic) bond motifs is 2. The molecule has 2 heterocycles. The number of aliphatic carboxylic acids is 1. The minimum atomic E-state index is -0.988. The molecule has 106 valence electrons. The van der Waals surface area contributed by atoms with E-state index in [4.69, 9.17) is 10.5 Å². The summed E-state index contributed by atoms with van der Waals surface area (Å²) in [6, 6.07) is 0. The molecule has 2 bridgehead atoms. The third kappa shape index (κ3) is 2.94. The van der Waals surface area contributed by atoms with Crippen LogP contribution in [0, 0.1) is 11.8 Å². The molecule has 7 nitrogen and oxygen atoms in total. The van der Waals surface area contributed by atoms with Gasteiger partial charge in [0.05, 0.1) is 18.1 Å². The number of nitrogens with one attached hydrogen (secondary N) is 2. The topological polar surface area (TPSA) is 114 Å². The largest absolute Gasteiger partial charge is 0.481 e. The fourth-order valence-electron chi connectivity index (χ4n) is 2.53. The van der Waals surface area contributed by atoms with Crippen molar-refractivity contribution < 1.29 is 19.4 Å². The highest BCUT2D eigenvalue weighted by Crippen LogP contribution is 2.39. The fraction of sp³-hybridized carbons (Fsp3) is 0.667. The molecule has 0 aromatic rings.